The third-order valence-electron chi connectivity index (χ3n) is 9.20. The van der Waals surface area contributed by atoms with Gasteiger partial charge in [-0.15, -0.1) is 11.3 Å². The van der Waals surface area contributed by atoms with Gasteiger partial charge in [-0.2, -0.15) is 0 Å². The van der Waals surface area contributed by atoms with Gasteiger partial charge in [0.1, 0.15) is 0 Å². The predicted molar refractivity (Wildman–Crippen MR) is 195 cm³/mol. The standard InChI is InChI=1S/C42H25N3S/c1-2-10-26(11-3-1)29-20-21-34-37(25-29)45(36-23-22-32-31-14-7-9-17-38(31)46-41(32)39(34)36)42-43-35-16-8-6-15-33(35)40(44-42)30-19-18-27-12-4-5-13-28(27)24-30/h1-25H. The second-order valence-electron chi connectivity index (χ2n) is 11.8. The van der Waals surface area contributed by atoms with Crippen LogP contribution >= 0.6 is 11.3 Å². The van der Waals surface area contributed by atoms with Crippen LogP contribution in [0.3, 0.4) is 0 Å². The number of hydrogen-bond donors (Lipinski definition) is 0. The van der Waals surface area contributed by atoms with Gasteiger partial charge in [-0.1, -0.05) is 121 Å². The van der Waals surface area contributed by atoms with Crippen LogP contribution in [0.15, 0.2) is 152 Å². The molecule has 3 nitrogen and oxygen atoms in total. The number of aromatic nitrogens is 3. The first-order valence-corrected chi connectivity index (χ1v) is 16.3. The van der Waals surface area contributed by atoms with E-state index in [2.05, 4.69) is 156 Å². The van der Waals surface area contributed by atoms with Crippen LogP contribution in [0.5, 0.6) is 0 Å². The normalized spacial score (nSPS) is 11.9. The highest BCUT2D eigenvalue weighted by molar-refractivity contribution is 7.26. The predicted octanol–water partition coefficient (Wildman–Crippen LogP) is 11.6. The molecule has 0 aliphatic rings. The fraction of sp³-hybridized carbons (Fsp3) is 0. The van der Waals surface area contributed by atoms with E-state index in [1.807, 2.05) is 11.3 Å². The van der Waals surface area contributed by atoms with Crippen molar-refractivity contribution in [3.8, 4) is 28.3 Å². The topological polar surface area (TPSA) is 30.7 Å². The van der Waals surface area contributed by atoms with Gasteiger partial charge in [0, 0.05) is 41.9 Å². The van der Waals surface area contributed by atoms with Crippen LogP contribution in [0.2, 0.25) is 0 Å². The van der Waals surface area contributed by atoms with Gasteiger partial charge in [-0.3, -0.25) is 4.57 Å². The summed E-state index contributed by atoms with van der Waals surface area (Å²) in [4.78, 5) is 10.6. The van der Waals surface area contributed by atoms with E-state index in [9.17, 15) is 0 Å². The Morgan fingerprint density at radius 1 is 0.457 bits per heavy atom. The van der Waals surface area contributed by atoms with E-state index in [1.54, 1.807) is 0 Å². The van der Waals surface area contributed by atoms with Crippen LogP contribution in [-0.4, -0.2) is 14.5 Å². The van der Waals surface area contributed by atoms with Crippen molar-refractivity contribution in [2.24, 2.45) is 0 Å². The quantitative estimate of drug-likeness (QED) is 0.201. The highest BCUT2D eigenvalue weighted by Gasteiger charge is 2.21. The van der Waals surface area contributed by atoms with Crippen LogP contribution in [0.1, 0.15) is 0 Å². The van der Waals surface area contributed by atoms with Crippen LogP contribution < -0.4 is 0 Å². The average Bonchev–Trinajstić information content (AvgIpc) is 3.67. The van der Waals surface area contributed by atoms with E-state index < -0.39 is 0 Å². The number of fused-ring (bicyclic) bond motifs is 9. The molecular formula is C42H25N3S. The largest absolute Gasteiger partial charge is 0.278 e. The third kappa shape index (κ3) is 3.77. The average molecular weight is 604 g/mol. The molecule has 10 aromatic rings. The smallest absolute Gasteiger partial charge is 0.235 e. The van der Waals surface area contributed by atoms with Crippen molar-refractivity contribution in [1.82, 2.24) is 14.5 Å². The first-order chi connectivity index (χ1) is 22.8. The van der Waals surface area contributed by atoms with Gasteiger partial charge in [0.25, 0.3) is 0 Å². The maximum atomic E-state index is 5.40. The SMILES string of the molecule is c1ccc(-c2ccc3c4c5sc6ccccc6c5ccc4n(-c4nc(-c5ccc6ccccc6c5)c5ccccc5n4)c3c2)cc1. The summed E-state index contributed by atoms with van der Waals surface area (Å²) in [6.45, 7) is 0. The summed E-state index contributed by atoms with van der Waals surface area (Å²) in [6.07, 6.45) is 0. The highest BCUT2D eigenvalue weighted by Crippen LogP contribution is 2.44. The van der Waals surface area contributed by atoms with Crippen molar-refractivity contribution in [1.29, 1.82) is 0 Å². The molecule has 0 fully saturated rings. The molecule has 0 bridgehead atoms. The van der Waals surface area contributed by atoms with E-state index in [0.29, 0.717) is 5.95 Å². The molecule has 10 rings (SSSR count). The summed E-state index contributed by atoms with van der Waals surface area (Å²) in [5, 5.41) is 8.49. The fourth-order valence-corrected chi connectivity index (χ4v) is 8.29. The molecule has 0 spiro atoms. The minimum atomic E-state index is 0.674. The zero-order valence-corrected chi connectivity index (χ0v) is 25.5. The molecule has 0 atom stereocenters. The van der Waals surface area contributed by atoms with Crippen molar-refractivity contribution >= 4 is 75.0 Å². The van der Waals surface area contributed by atoms with E-state index in [0.717, 1.165) is 33.2 Å². The van der Waals surface area contributed by atoms with Gasteiger partial charge < -0.3 is 0 Å². The van der Waals surface area contributed by atoms with Gasteiger partial charge in [0.05, 0.1) is 22.2 Å². The van der Waals surface area contributed by atoms with E-state index in [-0.39, 0.29) is 0 Å². The molecule has 214 valence electrons. The zero-order valence-electron chi connectivity index (χ0n) is 24.7. The lowest BCUT2D eigenvalue weighted by atomic mass is 10.0. The Labute approximate surface area is 268 Å². The summed E-state index contributed by atoms with van der Waals surface area (Å²) in [6, 6.07) is 54.1. The van der Waals surface area contributed by atoms with Gasteiger partial charge in [0.2, 0.25) is 5.95 Å². The molecule has 0 saturated carbocycles. The molecule has 0 unspecified atom stereocenters. The lowest BCUT2D eigenvalue weighted by Gasteiger charge is -2.12. The molecule has 0 saturated heterocycles. The van der Waals surface area contributed by atoms with Gasteiger partial charge in [-0.05, 0) is 52.2 Å². The third-order valence-corrected chi connectivity index (χ3v) is 10.4. The maximum absolute atomic E-state index is 5.40. The molecule has 3 aromatic heterocycles. The van der Waals surface area contributed by atoms with E-state index >= 15 is 0 Å². The fourth-order valence-electron chi connectivity index (χ4n) is 7.03. The molecule has 3 heterocycles. The molecular weight excluding hydrogens is 579 g/mol. The summed E-state index contributed by atoms with van der Waals surface area (Å²) in [5.74, 6) is 0.674. The van der Waals surface area contributed by atoms with Crippen molar-refractivity contribution < 1.29 is 0 Å². The second kappa shape index (κ2) is 9.83. The summed E-state index contributed by atoms with van der Waals surface area (Å²) in [5.41, 5.74) is 7.50. The van der Waals surface area contributed by atoms with Crippen molar-refractivity contribution in [2.75, 3.05) is 0 Å². The molecule has 0 radical (unpaired) electrons. The Bertz CT molecular complexity index is 2810. The number of thiophene rings is 1. The number of rotatable bonds is 3. The first kappa shape index (κ1) is 25.5. The minimum absolute atomic E-state index is 0.674. The van der Waals surface area contributed by atoms with Gasteiger partial charge in [0.15, 0.2) is 0 Å². The number of benzene rings is 7. The summed E-state index contributed by atoms with van der Waals surface area (Å²) < 4.78 is 4.87. The van der Waals surface area contributed by atoms with Crippen LogP contribution in [-0.2, 0) is 0 Å². The molecule has 7 aromatic carbocycles. The Morgan fingerprint density at radius 2 is 1.20 bits per heavy atom. The monoisotopic (exact) mass is 603 g/mol. The Hall–Kier alpha value is -5.84. The van der Waals surface area contributed by atoms with E-state index in [4.69, 9.17) is 9.97 Å². The molecule has 0 amide bonds. The molecule has 0 N–H and O–H groups in total. The highest BCUT2D eigenvalue weighted by atomic mass is 32.1. The molecule has 0 aliphatic carbocycles. The number of nitrogens with zero attached hydrogens (tertiary/aromatic N) is 3. The van der Waals surface area contributed by atoms with Crippen LogP contribution in [0.25, 0.3) is 92.0 Å². The zero-order chi connectivity index (χ0) is 30.2. The molecule has 0 aliphatic heterocycles. The maximum Gasteiger partial charge on any atom is 0.235 e. The molecule has 4 heteroatoms. The Morgan fingerprint density at radius 3 is 2.11 bits per heavy atom. The summed E-state index contributed by atoms with van der Waals surface area (Å²) in [7, 11) is 0. The van der Waals surface area contributed by atoms with Crippen molar-refractivity contribution in [2.45, 2.75) is 0 Å². The van der Waals surface area contributed by atoms with Crippen LogP contribution in [0.4, 0.5) is 0 Å². The van der Waals surface area contributed by atoms with Crippen molar-refractivity contribution in [3.63, 3.8) is 0 Å². The van der Waals surface area contributed by atoms with Crippen molar-refractivity contribution in [3.05, 3.63) is 152 Å². The lowest BCUT2D eigenvalue weighted by Crippen LogP contribution is -2.03. The van der Waals surface area contributed by atoms with Crippen LogP contribution in [0, 0.1) is 0 Å². The minimum Gasteiger partial charge on any atom is -0.278 e. The second-order valence-corrected chi connectivity index (χ2v) is 12.9. The van der Waals surface area contributed by atoms with E-state index in [1.165, 1.54) is 52.8 Å². The number of para-hydroxylation sites is 1. The first-order valence-electron chi connectivity index (χ1n) is 15.5. The Balaban J connectivity index is 1.33. The molecule has 46 heavy (non-hydrogen) atoms. The summed E-state index contributed by atoms with van der Waals surface area (Å²) >= 11 is 1.86. The van der Waals surface area contributed by atoms with Gasteiger partial charge >= 0.3 is 0 Å². The Kier molecular flexibility index (Phi) is 5.45. The van der Waals surface area contributed by atoms with Gasteiger partial charge in [-0.25, -0.2) is 9.97 Å². The lowest BCUT2D eigenvalue weighted by molar-refractivity contribution is 1.01. The number of hydrogen-bond acceptors (Lipinski definition) is 3.